The fraction of sp³-hybridized carbons (Fsp3) is 0.273. The highest BCUT2D eigenvalue weighted by Crippen LogP contribution is 2.24. The summed E-state index contributed by atoms with van der Waals surface area (Å²) in [6.07, 6.45) is 2.34. The maximum atomic E-state index is 12.7. The van der Waals surface area contributed by atoms with E-state index in [0.717, 1.165) is 16.9 Å². The molecule has 30 heavy (non-hydrogen) atoms. The molecule has 1 aromatic heterocycles. The van der Waals surface area contributed by atoms with Crippen LogP contribution in [0.15, 0.2) is 54.9 Å². The first-order valence-corrected chi connectivity index (χ1v) is 9.80. The lowest BCUT2D eigenvalue weighted by molar-refractivity contribution is -0.128. The fourth-order valence-corrected chi connectivity index (χ4v) is 3.66. The average molecular weight is 405 g/mol. The summed E-state index contributed by atoms with van der Waals surface area (Å²) in [4.78, 5) is 31.0. The Bertz CT molecular complexity index is 1030. The molecule has 0 spiro atoms. The minimum absolute atomic E-state index is 0.000425. The summed E-state index contributed by atoms with van der Waals surface area (Å²) in [5, 5.41) is 9.57. The number of carbonyl (C=O) groups excluding carboxylic acids is 2. The number of aromatic nitrogens is 3. The van der Waals surface area contributed by atoms with Crippen molar-refractivity contribution in [1.29, 1.82) is 0 Å². The third-order valence-corrected chi connectivity index (χ3v) is 5.25. The molecule has 2 aromatic carbocycles. The number of benzene rings is 2. The molecule has 1 fully saturated rings. The number of hydrogen-bond acceptors (Lipinski definition) is 5. The van der Waals surface area contributed by atoms with Crippen LogP contribution in [0.2, 0.25) is 0 Å². The van der Waals surface area contributed by atoms with Gasteiger partial charge in [-0.05, 0) is 30.2 Å². The quantitative estimate of drug-likeness (QED) is 0.629. The van der Waals surface area contributed by atoms with E-state index in [-0.39, 0.29) is 24.2 Å². The number of carbonyl (C=O) groups is 2. The van der Waals surface area contributed by atoms with Gasteiger partial charge >= 0.3 is 0 Å². The van der Waals surface area contributed by atoms with E-state index in [9.17, 15) is 9.59 Å². The van der Waals surface area contributed by atoms with Crippen LogP contribution in [0.3, 0.4) is 0 Å². The smallest absolute Gasteiger partial charge is 0.229 e. The number of aromatic amines is 1. The van der Waals surface area contributed by atoms with Gasteiger partial charge in [-0.1, -0.05) is 30.3 Å². The van der Waals surface area contributed by atoms with Crippen molar-refractivity contribution < 1.29 is 14.3 Å². The normalized spacial score (nSPS) is 16.0. The second-order valence-electron chi connectivity index (χ2n) is 7.21. The minimum atomic E-state index is -0.371. The maximum absolute atomic E-state index is 12.7. The zero-order valence-corrected chi connectivity index (χ0v) is 16.7. The molecule has 1 saturated heterocycles. The number of H-pyrrole nitrogens is 1. The lowest BCUT2D eigenvalue weighted by Crippen LogP contribution is -2.30. The fourth-order valence-electron chi connectivity index (χ4n) is 3.66. The number of nitrogens with one attached hydrogen (secondary N) is 2. The Hall–Kier alpha value is -3.68. The predicted molar refractivity (Wildman–Crippen MR) is 112 cm³/mol. The zero-order chi connectivity index (χ0) is 20.9. The molecule has 8 nitrogen and oxygen atoms in total. The number of amides is 2. The Morgan fingerprint density at radius 1 is 1.27 bits per heavy atom. The maximum Gasteiger partial charge on any atom is 0.229 e. The Kier molecular flexibility index (Phi) is 5.74. The summed E-state index contributed by atoms with van der Waals surface area (Å²) in [7, 11) is 1.64. The lowest BCUT2D eigenvalue weighted by Gasteiger charge is -2.17. The van der Waals surface area contributed by atoms with Gasteiger partial charge in [-0.15, -0.1) is 0 Å². The van der Waals surface area contributed by atoms with Crippen molar-refractivity contribution in [3.05, 3.63) is 60.4 Å². The topological polar surface area (TPSA) is 100 Å². The molecule has 4 rings (SSSR count). The Morgan fingerprint density at radius 2 is 2.13 bits per heavy atom. The Morgan fingerprint density at radius 3 is 2.93 bits per heavy atom. The van der Waals surface area contributed by atoms with Crippen LogP contribution in [0.5, 0.6) is 5.75 Å². The number of methoxy groups -OCH3 is 1. The van der Waals surface area contributed by atoms with Crippen molar-refractivity contribution in [3.8, 4) is 17.1 Å². The molecule has 3 aromatic rings. The van der Waals surface area contributed by atoms with Crippen LogP contribution in [-0.2, 0) is 16.0 Å². The first kappa shape index (κ1) is 19.6. The zero-order valence-electron chi connectivity index (χ0n) is 16.7. The molecule has 0 aliphatic carbocycles. The van der Waals surface area contributed by atoms with Crippen LogP contribution in [-0.4, -0.2) is 52.1 Å². The molecule has 0 saturated carbocycles. The van der Waals surface area contributed by atoms with E-state index in [1.807, 2.05) is 48.5 Å². The van der Waals surface area contributed by atoms with E-state index in [0.29, 0.717) is 31.0 Å². The van der Waals surface area contributed by atoms with Gasteiger partial charge in [-0.25, -0.2) is 4.98 Å². The number of anilines is 1. The molecule has 0 radical (unpaired) electrons. The number of nitrogens with zero attached hydrogens (tertiary/aromatic N) is 3. The molecule has 2 heterocycles. The second-order valence-corrected chi connectivity index (χ2v) is 7.21. The van der Waals surface area contributed by atoms with E-state index in [4.69, 9.17) is 4.74 Å². The van der Waals surface area contributed by atoms with Gasteiger partial charge in [0.05, 0.1) is 13.0 Å². The number of para-hydroxylation sites is 1. The summed E-state index contributed by atoms with van der Waals surface area (Å²) >= 11 is 0. The average Bonchev–Trinajstić information content (AvgIpc) is 3.43. The molecular formula is C22H23N5O3. The Labute approximate surface area is 174 Å². The second kappa shape index (κ2) is 8.77. The highest BCUT2D eigenvalue weighted by Gasteiger charge is 2.34. The number of hydrogen-bond donors (Lipinski definition) is 2. The number of ether oxygens (including phenoxy) is 1. The molecular weight excluding hydrogens is 382 g/mol. The molecule has 0 unspecified atom stereocenters. The lowest BCUT2D eigenvalue weighted by atomic mass is 10.1. The van der Waals surface area contributed by atoms with Crippen molar-refractivity contribution in [2.75, 3.05) is 25.5 Å². The van der Waals surface area contributed by atoms with Crippen LogP contribution in [0, 0.1) is 5.92 Å². The van der Waals surface area contributed by atoms with Crippen molar-refractivity contribution in [1.82, 2.24) is 20.1 Å². The summed E-state index contributed by atoms with van der Waals surface area (Å²) in [6.45, 7) is 0.978. The van der Waals surface area contributed by atoms with Gasteiger partial charge in [-0.2, -0.15) is 5.10 Å². The molecule has 1 aliphatic rings. The molecule has 1 atom stereocenters. The summed E-state index contributed by atoms with van der Waals surface area (Å²) in [5.41, 5.74) is 2.53. The van der Waals surface area contributed by atoms with Crippen molar-refractivity contribution in [2.45, 2.75) is 12.8 Å². The van der Waals surface area contributed by atoms with E-state index >= 15 is 0 Å². The van der Waals surface area contributed by atoms with E-state index in [1.54, 1.807) is 12.0 Å². The highest BCUT2D eigenvalue weighted by atomic mass is 16.5. The monoisotopic (exact) mass is 405 g/mol. The third-order valence-electron chi connectivity index (χ3n) is 5.25. The molecule has 2 amide bonds. The minimum Gasteiger partial charge on any atom is -0.496 e. The van der Waals surface area contributed by atoms with Gasteiger partial charge in [-0.3, -0.25) is 14.7 Å². The van der Waals surface area contributed by atoms with E-state index < -0.39 is 0 Å². The van der Waals surface area contributed by atoms with Crippen molar-refractivity contribution in [2.24, 2.45) is 5.92 Å². The van der Waals surface area contributed by atoms with Crippen LogP contribution < -0.4 is 10.1 Å². The highest BCUT2D eigenvalue weighted by molar-refractivity contribution is 5.97. The molecule has 154 valence electrons. The van der Waals surface area contributed by atoms with Gasteiger partial charge in [0.15, 0.2) is 5.82 Å². The van der Waals surface area contributed by atoms with Gasteiger partial charge in [0.2, 0.25) is 11.8 Å². The van der Waals surface area contributed by atoms with Crippen LogP contribution in [0.4, 0.5) is 5.69 Å². The first-order valence-electron chi connectivity index (χ1n) is 9.80. The molecule has 8 heteroatoms. The van der Waals surface area contributed by atoms with Crippen molar-refractivity contribution >= 4 is 17.5 Å². The largest absolute Gasteiger partial charge is 0.496 e. The van der Waals surface area contributed by atoms with Gasteiger partial charge in [0, 0.05) is 30.8 Å². The standard InChI is InChI=1S/C22H23N5O3/c1-30-19-8-3-2-5-15(19)9-10-27-13-17(12-20(27)28)22(29)25-18-7-4-6-16(11-18)21-23-14-24-26-21/h2-8,11,14,17H,9-10,12-13H2,1H3,(H,25,29)(H,23,24,26)/t17-/m1/s1. The summed E-state index contributed by atoms with van der Waals surface area (Å²) in [6, 6.07) is 15.1. The predicted octanol–water partition coefficient (Wildman–Crippen LogP) is 2.51. The SMILES string of the molecule is COc1ccccc1CCN1C[C@H](C(=O)Nc2cccc(-c3ncn[nH]3)c2)CC1=O. The molecule has 0 bridgehead atoms. The number of rotatable bonds is 7. The van der Waals surface area contributed by atoms with Gasteiger partial charge in [0.1, 0.15) is 12.1 Å². The van der Waals surface area contributed by atoms with E-state index in [1.165, 1.54) is 6.33 Å². The molecule has 2 N–H and O–H groups in total. The third kappa shape index (κ3) is 4.32. The van der Waals surface area contributed by atoms with Crippen molar-refractivity contribution in [3.63, 3.8) is 0 Å². The van der Waals surface area contributed by atoms with Crippen LogP contribution in [0.1, 0.15) is 12.0 Å². The van der Waals surface area contributed by atoms with Crippen LogP contribution >= 0.6 is 0 Å². The van der Waals surface area contributed by atoms with Gasteiger partial charge in [0.25, 0.3) is 0 Å². The molecule has 1 aliphatic heterocycles. The number of likely N-dealkylation sites (tertiary alicyclic amines) is 1. The Balaban J connectivity index is 1.36. The summed E-state index contributed by atoms with van der Waals surface area (Å²) in [5.74, 6) is 0.914. The summed E-state index contributed by atoms with van der Waals surface area (Å²) < 4.78 is 5.37. The first-order chi connectivity index (χ1) is 14.6. The van der Waals surface area contributed by atoms with E-state index in [2.05, 4.69) is 20.5 Å². The van der Waals surface area contributed by atoms with Crippen LogP contribution in [0.25, 0.3) is 11.4 Å². The van der Waals surface area contributed by atoms with Gasteiger partial charge < -0.3 is 15.0 Å².